The summed E-state index contributed by atoms with van der Waals surface area (Å²) >= 11 is 0. The number of rotatable bonds is 6. The minimum Gasteiger partial charge on any atom is -0.332 e. The van der Waals surface area contributed by atoms with Gasteiger partial charge in [-0.25, -0.2) is 9.97 Å². The molecule has 0 aliphatic heterocycles. The number of nitrogens with zero attached hydrogens (tertiary/aromatic N) is 4. The van der Waals surface area contributed by atoms with Crippen molar-refractivity contribution in [2.24, 2.45) is 14.1 Å². The molecule has 0 radical (unpaired) electrons. The number of benzene rings is 1. The van der Waals surface area contributed by atoms with Gasteiger partial charge in [-0.05, 0) is 5.56 Å². The summed E-state index contributed by atoms with van der Waals surface area (Å²) in [7, 11) is 3.53. The number of Topliss-reactive ketones (excluding diaryl/α,β-unsaturated/α-hetero) is 2. The van der Waals surface area contributed by atoms with Gasteiger partial charge in [-0.1, -0.05) is 30.3 Å². The quantitative estimate of drug-likeness (QED) is 0.653. The zero-order valence-corrected chi connectivity index (χ0v) is 13.6. The Bertz CT molecular complexity index is 864. The molecule has 2 heterocycles. The third kappa shape index (κ3) is 3.03. The molecular formula is C18H18N4O2. The molecule has 1 atom stereocenters. The second-order valence-corrected chi connectivity index (χ2v) is 5.68. The van der Waals surface area contributed by atoms with Crippen LogP contribution in [0.4, 0.5) is 0 Å². The summed E-state index contributed by atoms with van der Waals surface area (Å²) in [5, 5.41) is 0. The number of aromatic nitrogens is 4. The average Bonchev–Trinajstić information content (AvgIpc) is 3.21. The van der Waals surface area contributed by atoms with Gasteiger partial charge in [-0.2, -0.15) is 0 Å². The molecule has 0 saturated heterocycles. The number of hydrogen-bond acceptors (Lipinski definition) is 4. The number of ketones is 2. The summed E-state index contributed by atoms with van der Waals surface area (Å²) in [6.45, 7) is 0. The summed E-state index contributed by atoms with van der Waals surface area (Å²) in [5.74, 6) is -0.230. The van der Waals surface area contributed by atoms with E-state index in [4.69, 9.17) is 0 Å². The van der Waals surface area contributed by atoms with E-state index in [1.54, 1.807) is 48.0 Å². The molecule has 0 aliphatic rings. The Morgan fingerprint density at radius 3 is 2.08 bits per heavy atom. The van der Waals surface area contributed by atoms with Gasteiger partial charge in [-0.3, -0.25) is 9.59 Å². The predicted molar refractivity (Wildman–Crippen MR) is 88.9 cm³/mol. The lowest BCUT2D eigenvalue weighted by molar-refractivity contribution is 0.0879. The largest absolute Gasteiger partial charge is 0.332 e. The van der Waals surface area contributed by atoms with Gasteiger partial charge in [0.25, 0.3) is 0 Å². The topological polar surface area (TPSA) is 69.8 Å². The van der Waals surface area contributed by atoms with Gasteiger partial charge in [0.1, 0.15) is 0 Å². The zero-order chi connectivity index (χ0) is 17.1. The van der Waals surface area contributed by atoms with Gasteiger partial charge in [-0.15, -0.1) is 0 Å². The van der Waals surface area contributed by atoms with E-state index in [2.05, 4.69) is 9.97 Å². The number of carbonyl (C=O) groups excluding carboxylic acids is 2. The number of carbonyl (C=O) groups is 2. The van der Waals surface area contributed by atoms with Gasteiger partial charge < -0.3 is 9.13 Å². The van der Waals surface area contributed by atoms with Gasteiger partial charge in [0, 0.05) is 45.3 Å². The van der Waals surface area contributed by atoms with Crippen LogP contribution in [0.15, 0.2) is 55.1 Å². The standard InChI is InChI=1S/C18H18N4O2/c1-21-10-8-19-17(21)15(23)12-14(13-6-4-3-5-7-13)16(24)18-20-9-11-22(18)2/h3-11,14H,12H2,1-2H3. The monoisotopic (exact) mass is 322 g/mol. The molecule has 1 aromatic carbocycles. The van der Waals surface area contributed by atoms with E-state index in [0.29, 0.717) is 11.6 Å². The van der Waals surface area contributed by atoms with Crippen molar-refractivity contribution in [1.82, 2.24) is 19.1 Å². The summed E-state index contributed by atoms with van der Waals surface area (Å²) < 4.78 is 3.33. The van der Waals surface area contributed by atoms with Gasteiger partial charge in [0.15, 0.2) is 17.4 Å². The Balaban J connectivity index is 1.94. The predicted octanol–water partition coefficient (Wildman–Crippen LogP) is 2.39. The first-order valence-electron chi connectivity index (χ1n) is 7.65. The molecule has 24 heavy (non-hydrogen) atoms. The maximum atomic E-state index is 13.0. The number of aryl methyl sites for hydroxylation is 2. The second-order valence-electron chi connectivity index (χ2n) is 5.68. The first-order chi connectivity index (χ1) is 11.6. The lowest BCUT2D eigenvalue weighted by atomic mass is 9.89. The van der Waals surface area contributed by atoms with Crippen molar-refractivity contribution < 1.29 is 9.59 Å². The van der Waals surface area contributed by atoms with Crippen molar-refractivity contribution >= 4 is 11.6 Å². The second kappa shape index (κ2) is 6.62. The highest BCUT2D eigenvalue weighted by Crippen LogP contribution is 2.25. The third-order valence-corrected chi connectivity index (χ3v) is 4.02. The number of hydrogen-bond donors (Lipinski definition) is 0. The zero-order valence-electron chi connectivity index (χ0n) is 13.6. The van der Waals surface area contributed by atoms with E-state index in [0.717, 1.165) is 5.56 Å². The van der Waals surface area contributed by atoms with Crippen LogP contribution in [0.2, 0.25) is 0 Å². The van der Waals surface area contributed by atoms with Gasteiger partial charge in [0.05, 0.1) is 5.92 Å². The fraction of sp³-hybridized carbons (Fsp3) is 0.222. The molecule has 1 unspecified atom stereocenters. The maximum absolute atomic E-state index is 13.0. The molecule has 2 aromatic heterocycles. The normalized spacial score (nSPS) is 12.1. The molecule has 0 saturated carbocycles. The molecular weight excluding hydrogens is 304 g/mol. The molecule has 0 bridgehead atoms. The van der Waals surface area contributed by atoms with Crippen LogP contribution in [0.1, 0.15) is 39.1 Å². The fourth-order valence-corrected chi connectivity index (χ4v) is 2.72. The molecule has 3 rings (SSSR count). The lowest BCUT2D eigenvalue weighted by Crippen LogP contribution is -2.21. The smallest absolute Gasteiger partial charge is 0.206 e. The Morgan fingerprint density at radius 2 is 1.54 bits per heavy atom. The SMILES string of the molecule is Cn1ccnc1C(=O)CC(C(=O)c1nccn1C)c1ccccc1. The van der Waals surface area contributed by atoms with Crippen LogP contribution in [0, 0.1) is 0 Å². The fourth-order valence-electron chi connectivity index (χ4n) is 2.72. The maximum Gasteiger partial charge on any atom is 0.206 e. The van der Waals surface area contributed by atoms with Gasteiger partial charge >= 0.3 is 0 Å². The van der Waals surface area contributed by atoms with E-state index < -0.39 is 5.92 Å². The Labute approximate surface area is 139 Å². The van der Waals surface area contributed by atoms with E-state index in [-0.39, 0.29) is 18.0 Å². The van der Waals surface area contributed by atoms with Gasteiger partial charge in [0.2, 0.25) is 5.78 Å². The molecule has 122 valence electrons. The highest BCUT2D eigenvalue weighted by atomic mass is 16.1. The molecule has 0 N–H and O–H groups in total. The van der Waals surface area contributed by atoms with Crippen LogP contribution in [0.3, 0.4) is 0 Å². The summed E-state index contributed by atoms with van der Waals surface area (Å²) in [6, 6.07) is 9.32. The van der Waals surface area contributed by atoms with Crippen molar-refractivity contribution in [3.63, 3.8) is 0 Å². The van der Waals surface area contributed by atoms with E-state index >= 15 is 0 Å². The highest BCUT2D eigenvalue weighted by molar-refractivity contribution is 6.03. The van der Waals surface area contributed by atoms with Crippen LogP contribution < -0.4 is 0 Å². The molecule has 0 amide bonds. The minimum atomic E-state index is -0.587. The van der Waals surface area contributed by atoms with Crippen LogP contribution in [-0.2, 0) is 14.1 Å². The summed E-state index contributed by atoms with van der Waals surface area (Å²) in [6.07, 6.45) is 6.64. The van der Waals surface area contributed by atoms with Crippen LogP contribution in [0.5, 0.6) is 0 Å². The molecule has 6 nitrogen and oxygen atoms in total. The van der Waals surface area contributed by atoms with E-state index in [1.807, 2.05) is 30.3 Å². The van der Waals surface area contributed by atoms with Crippen LogP contribution >= 0.6 is 0 Å². The lowest BCUT2D eigenvalue weighted by Gasteiger charge is -2.15. The first kappa shape index (κ1) is 15.9. The Morgan fingerprint density at radius 1 is 0.958 bits per heavy atom. The Kier molecular flexibility index (Phi) is 4.37. The minimum absolute atomic E-state index is 0.0561. The summed E-state index contributed by atoms with van der Waals surface area (Å²) in [5.41, 5.74) is 0.799. The van der Waals surface area contributed by atoms with Crippen molar-refractivity contribution in [3.05, 3.63) is 72.3 Å². The van der Waals surface area contributed by atoms with Crippen LogP contribution in [0.25, 0.3) is 0 Å². The summed E-state index contributed by atoms with van der Waals surface area (Å²) in [4.78, 5) is 33.8. The molecule has 0 spiro atoms. The molecule has 0 fully saturated rings. The first-order valence-corrected chi connectivity index (χ1v) is 7.65. The van der Waals surface area contributed by atoms with E-state index in [1.165, 1.54) is 0 Å². The highest BCUT2D eigenvalue weighted by Gasteiger charge is 2.28. The molecule has 3 aromatic rings. The van der Waals surface area contributed by atoms with E-state index in [9.17, 15) is 9.59 Å². The molecule has 0 aliphatic carbocycles. The van der Waals surface area contributed by atoms with Crippen molar-refractivity contribution in [2.45, 2.75) is 12.3 Å². The van der Waals surface area contributed by atoms with Crippen molar-refractivity contribution in [3.8, 4) is 0 Å². The number of imidazole rings is 2. The third-order valence-electron chi connectivity index (χ3n) is 4.02. The molecule has 6 heteroatoms. The van der Waals surface area contributed by atoms with Crippen molar-refractivity contribution in [1.29, 1.82) is 0 Å². The van der Waals surface area contributed by atoms with Crippen molar-refractivity contribution in [2.75, 3.05) is 0 Å². The van der Waals surface area contributed by atoms with Crippen LogP contribution in [-0.4, -0.2) is 30.7 Å². The average molecular weight is 322 g/mol. The Hall–Kier alpha value is -3.02.